The molecular weight excluding hydrogens is 499 g/mol. The molecule has 0 radical (unpaired) electrons. The molecule has 8 nitrogen and oxygen atoms in total. The van der Waals surface area contributed by atoms with E-state index in [9.17, 15) is 23.9 Å². The van der Waals surface area contributed by atoms with E-state index in [1.165, 1.54) is 23.9 Å². The highest BCUT2D eigenvalue weighted by Crippen LogP contribution is 2.31. The second-order valence-electron chi connectivity index (χ2n) is 9.50. The second-order valence-corrected chi connectivity index (χ2v) is 11.1. The quantitative estimate of drug-likeness (QED) is 0.475. The standard InChI is InChI=1S/C27H31FN2O6S/c1-15(2)37-25(33)6-5-23(31)18-4-3-16(12-19(18)28)11-17-13-22(29-21-8-10-36-26(17)21)27(34)30-20-7-9-35-14-24(20)32/h3-4,12-13,15,20,24,32H,5-11,14H2,1-2H3,(H,30,34)/t20-,24-/m0/s1. The Balaban J connectivity index is 1.47. The number of ketones is 1. The normalized spacial score (nSPS) is 18.8. The summed E-state index contributed by atoms with van der Waals surface area (Å²) in [5.74, 6) is -0.878. The largest absolute Gasteiger partial charge is 0.491 e. The highest BCUT2D eigenvalue weighted by atomic mass is 32.2. The number of nitrogens with one attached hydrogen (secondary N) is 1. The number of ether oxygens (including phenoxy) is 2. The molecule has 0 aliphatic carbocycles. The number of benzene rings is 1. The number of aliphatic hydroxyl groups excluding tert-OH is 1. The minimum absolute atomic E-state index is 0.0409. The summed E-state index contributed by atoms with van der Waals surface area (Å²) in [6, 6.07) is 5.61. The molecule has 2 aromatic rings. The summed E-state index contributed by atoms with van der Waals surface area (Å²) in [6.45, 7) is 4.86. The molecule has 1 aromatic heterocycles. The fourth-order valence-electron chi connectivity index (χ4n) is 4.41. The third kappa shape index (κ3) is 6.94. The minimum Gasteiger partial charge on any atom is -0.491 e. The molecule has 1 fully saturated rings. The highest BCUT2D eigenvalue weighted by molar-refractivity contribution is 8.14. The van der Waals surface area contributed by atoms with Gasteiger partial charge in [-0.2, -0.15) is 0 Å². The maximum Gasteiger partial charge on any atom is 0.270 e. The number of halogens is 1. The number of rotatable bonds is 9. The molecule has 1 aromatic carbocycles. The van der Waals surface area contributed by atoms with E-state index < -0.39 is 29.7 Å². The topological polar surface area (TPSA) is 115 Å². The van der Waals surface area contributed by atoms with Crippen LogP contribution in [-0.2, 0) is 22.4 Å². The fourth-order valence-corrected chi connectivity index (χ4v) is 5.15. The molecule has 0 saturated carbocycles. The molecule has 1 amide bonds. The van der Waals surface area contributed by atoms with Gasteiger partial charge in [-0.15, -0.1) is 0 Å². The third-order valence-corrected chi connectivity index (χ3v) is 7.17. The van der Waals surface area contributed by atoms with E-state index >= 15 is 0 Å². The summed E-state index contributed by atoms with van der Waals surface area (Å²) in [5.41, 5.74) is 2.11. The van der Waals surface area contributed by atoms with Gasteiger partial charge >= 0.3 is 0 Å². The first-order valence-electron chi connectivity index (χ1n) is 12.4. The number of carbonyl (C=O) groups excluding carboxylic acids is 3. The molecule has 2 atom stereocenters. The van der Waals surface area contributed by atoms with E-state index in [2.05, 4.69) is 10.3 Å². The van der Waals surface area contributed by atoms with Crippen LogP contribution in [0.1, 0.15) is 70.8 Å². The number of thioether (sulfide) groups is 1. The highest BCUT2D eigenvalue weighted by Gasteiger charge is 2.28. The Morgan fingerprint density at radius 1 is 1.22 bits per heavy atom. The first kappa shape index (κ1) is 27.2. The van der Waals surface area contributed by atoms with Crippen LogP contribution in [0.25, 0.3) is 0 Å². The maximum atomic E-state index is 14.9. The van der Waals surface area contributed by atoms with Crippen LogP contribution in [0.2, 0.25) is 0 Å². The monoisotopic (exact) mass is 530 g/mol. The lowest BCUT2D eigenvalue weighted by Gasteiger charge is -2.28. The van der Waals surface area contributed by atoms with Crippen LogP contribution in [0, 0.1) is 5.82 Å². The number of Topliss-reactive ketones (excluding diaryl/α,β-unsaturated/α-hetero) is 1. The Hall–Kier alpha value is -2.82. The molecular formula is C27H31FN2O6S. The molecule has 10 heteroatoms. The Kier molecular flexibility index (Phi) is 8.94. The summed E-state index contributed by atoms with van der Waals surface area (Å²) < 4.78 is 25.8. The second kappa shape index (κ2) is 12.1. The van der Waals surface area contributed by atoms with Crippen LogP contribution in [0.3, 0.4) is 0 Å². The smallest absolute Gasteiger partial charge is 0.270 e. The van der Waals surface area contributed by atoms with Crippen LogP contribution in [-0.4, -0.2) is 64.1 Å². The Bertz CT molecular complexity index is 1190. The summed E-state index contributed by atoms with van der Waals surface area (Å²) in [6.07, 6.45) is 0.577. The fraction of sp³-hybridized carbons (Fsp3) is 0.481. The number of aromatic nitrogens is 1. The number of pyridine rings is 1. The van der Waals surface area contributed by atoms with Gasteiger partial charge in [0.05, 0.1) is 36.6 Å². The average Bonchev–Trinajstić information content (AvgIpc) is 3.33. The lowest BCUT2D eigenvalue weighted by Crippen LogP contribution is -2.48. The summed E-state index contributed by atoms with van der Waals surface area (Å²) in [4.78, 5) is 41.7. The van der Waals surface area contributed by atoms with Gasteiger partial charge < -0.3 is 19.9 Å². The van der Waals surface area contributed by atoms with Crippen molar-refractivity contribution in [2.75, 3.05) is 19.8 Å². The summed E-state index contributed by atoms with van der Waals surface area (Å²) >= 11 is 1.17. The van der Waals surface area contributed by atoms with Crippen molar-refractivity contribution >= 4 is 28.6 Å². The van der Waals surface area contributed by atoms with E-state index in [1.807, 2.05) is 13.8 Å². The Labute approximate surface area is 219 Å². The number of aliphatic hydroxyl groups is 1. The van der Waals surface area contributed by atoms with E-state index in [1.54, 1.807) is 12.1 Å². The van der Waals surface area contributed by atoms with Crippen molar-refractivity contribution in [3.63, 3.8) is 0 Å². The van der Waals surface area contributed by atoms with Crippen LogP contribution in [0.4, 0.5) is 4.39 Å². The van der Waals surface area contributed by atoms with Gasteiger partial charge in [0.15, 0.2) is 10.9 Å². The van der Waals surface area contributed by atoms with Gasteiger partial charge in [-0.25, -0.2) is 9.37 Å². The van der Waals surface area contributed by atoms with Crippen LogP contribution < -0.4 is 10.1 Å². The molecule has 0 spiro atoms. The van der Waals surface area contributed by atoms with E-state index in [-0.39, 0.29) is 47.5 Å². The van der Waals surface area contributed by atoms with Gasteiger partial charge in [0.2, 0.25) is 0 Å². The number of nitrogens with zero attached hydrogens (tertiary/aromatic N) is 1. The van der Waals surface area contributed by atoms with Crippen molar-refractivity contribution in [3.05, 3.63) is 58.2 Å². The molecule has 198 valence electrons. The molecule has 0 unspecified atom stereocenters. The zero-order valence-electron chi connectivity index (χ0n) is 20.9. The lowest BCUT2D eigenvalue weighted by atomic mass is 9.99. The first-order chi connectivity index (χ1) is 17.7. The molecule has 2 aliphatic rings. The number of hydrogen-bond acceptors (Lipinski definition) is 8. The molecule has 4 rings (SSSR count). The van der Waals surface area contributed by atoms with Gasteiger partial charge in [-0.05, 0) is 30.2 Å². The van der Waals surface area contributed by atoms with Crippen molar-refractivity contribution in [2.24, 2.45) is 0 Å². The van der Waals surface area contributed by atoms with Crippen molar-refractivity contribution in [3.8, 4) is 5.75 Å². The molecule has 2 aliphatic heterocycles. The van der Waals surface area contributed by atoms with Crippen molar-refractivity contribution in [1.82, 2.24) is 10.3 Å². The Morgan fingerprint density at radius 2 is 2.03 bits per heavy atom. The molecule has 1 saturated heterocycles. The predicted molar refractivity (Wildman–Crippen MR) is 137 cm³/mol. The van der Waals surface area contributed by atoms with Crippen molar-refractivity contribution in [1.29, 1.82) is 0 Å². The Morgan fingerprint density at radius 3 is 2.76 bits per heavy atom. The predicted octanol–water partition coefficient (Wildman–Crippen LogP) is 3.26. The van der Waals surface area contributed by atoms with Crippen LogP contribution in [0.5, 0.6) is 5.75 Å². The summed E-state index contributed by atoms with van der Waals surface area (Å²) in [7, 11) is 0. The third-order valence-electron chi connectivity index (χ3n) is 6.23. The van der Waals surface area contributed by atoms with E-state index in [4.69, 9.17) is 9.47 Å². The number of amides is 1. The van der Waals surface area contributed by atoms with Crippen LogP contribution in [0.15, 0.2) is 24.3 Å². The summed E-state index contributed by atoms with van der Waals surface area (Å²) in [5, 5.41) is 13.0. The van der Waals surface area contributed by atoms with Gasteiger partial charge in [0, 0.05) is 43.1 Å². The van der Waals surface area contributed by atoms with E-state index in [0.717, 1.165) is 0 Å². The van der Waals surface area contributed by atoms with E-state index in [0.29, 0.717) is 48.6 Å². The maximum absolute atomic E-state index is 14.9. The number of carbonyl (C=O) groups is 3. The van der Waals surface area contributed by atoms with Crippen molar-refractivity contribution in [2.45, 2.75) is 63.3 Å². The zero-order valence-corrected chi connectivity index (χ0v) is 21.7. The molecule has 0 bridgehead atoms. The zero-order chi connectivity index (χ0) is 26.5. The lowest BCUT2D eigenvalue weighted by molar-refractivity contribution is -0.111. The first-order valence-corrected chi connectivity index (χ1v) is 13.3. The number of hydrogen-bond donors (Lipinski definition) is 2. The number of fused-ring (bicyclic) bond motifs is 1. The molecule has 2 N–H and O–H groups in total. The van der Waals surface area contributed by atoms with Gasteiger partial charge in [0.1, 0.15) is 17.3 Å². The van der Waals surface area contributed by atoms with Gasteiger partial charge in [-0.3, -0.25) is 14.4 Å². The molecule has 37 heavy (non-hydrogen) atoms. The van der Waals surface area contributed by atoms with Crippen LogP contribution >= 0.6 is 11.8 Å². The SMILES string of the molecule is CC(C)SC(=O)CCC(=O)c1ccc(Cc2cc(C(=O)N[C@H]3CCOC[C@@H]3O)nc3c2OCC3)cc1F. The molecule has 3 heterocycles. The minimum atomic E-state index is -0.786. The average molecular weight is 531 g/mol. The van der Waals surface area contributed by atoms with Gasteiger partial charge in [0.25, 0.3) is 5.91 Å². The van der Waals surface area contributed by atoms with Crippen molar-refractivity contribution < 1.29 is 33.4 Å². The van der Waals surface area contributed by atoms with Gasteiger partial charge in [-0.1, -0.05) is 31.7 Å².